The minimum absolute atomic E-state index is 0.434. The number of rotatable bonds is 3. The van der Waals surface area contributed by atoms with Crippen LogP contribution in [0.3, 0.4) is 0 Å². The van der Waals surface area contributed by atoms with Gasteiger partial charge in [-0.1, -0.05) is 12.1 Å². The fourth-order valence-electron chi connectivity index (χ4n) is 2.93. The van der Waals surface area contributed by atoms with Gasteiger partial charge in [0.05, 0.1) is 26.4 Å². The lowest BCUT2D eigenvalue weighted by molar-refractivity contribution is -0.137. The molecule has 0 aliphatic carbocycles. The van der Waals surface area contributed by atoms with E-state index >= 15 is 0 Å². The van der Waals surface area contributed by atoms with Gasteiger partial charge in [0.2, 0.25) is 0 Å². The maximum Gasteiger partial charge on any atom is 0.416 e. The van der Waals surface area contributed by atoms with Crippen LogP contribution in [0.4, 0.5) is 13.2 Å². The molecule has 0 saturated carbocycles. The molecular weight excluding hydrogens is 321 g/mol. The van der Waals surface area contributed by atoms with Gasteiger partial charge in [-0.25, -0.2) is 0 Å². The molecule has 1 atom stereocenters. The van der Waals surface area contributed by atoms with E-state index < -0.39 is 17.8 Å². The van der Waals surface area contributed by atoms with Crippen LogP contribution in [0.25, 0.3) is 0 Å². The van der Waals surface area contributed by atoms with Gasteiger partial charge in [-0.15, -0.1) is 0 Å². The Balaban J connectivity index is 2.07. The molecule has 2 aromatic rings. The maximum absolute atomic E-state index is 13.0. The van der Waals surface area contributed by atoms with Crippen molar-refractivity contribution in [1.29, 1.82) is 0 Å². The zero-order chi connectivity index (χ0) is 17.3. The Labute approximate surface area is 138 Å². The lowest BCUT2D eigenvalue weighted by atomic mass is 9.91. The minimum Gasteiger partial charge on any atom is -0.493 e. The van der Waals surface area contributed by atoms with Crippen molar-refractivity contribution in [3.05, 3.63) is 58.7 Å². The molecule has 1 aliphatic rings. The molecule has 0 unspecified atom stereocenters. The van der Waals surface area contributed by atoms with Crippen molar-refractivity contribution in [2.45, 2.75) is 18.7 Å². The Bertz CT molecular complexity index is 741. The highest BCUT2D eigenvalue weighted by atomic mass is 19.4. The summed E-state index contributed by atoms with van der Waals surface area (Å²) in [6, 6.07) is 8.87. The second kappa shape index (κ2) is 6.36. The van der Waals surface area contributed by atoms with Crippen LogP contribution in [0.5, 0.6) is 11.5 Å². The number of halogens is 3. The Morgan fingerprint density at radius 3 is 2.42 bits per heavy atom. The molecule has 0 spiro atoms. The van der Waals surface area contributed by atoms with E-state index in [1.54, 1.807) is 19.2 Å². The van der Waals surface area contributed by atoms with Crippen molar-refractivity contribution in [1.82, 2.24) is 0 Å². The SMILES string of the molecule is COc1cc2c(cc1OC)[C@@H](c1cccc(C(F)(F)F)c1)OCC2. The van der Waals surface area contributed by atoms with Crippen LogP contribution in [-0.2, 0) is 17.3 Å². The van der Waals surface area contributed by atoms with Crippen molar-refractivity contribution >= 4 is 0 Å². The quantitative estimate of drug-likeness (QED) is 0.831. The number of ether oxygens (including phenoxy) is 3. The summed E-state index contributed by atoms with van der Waals surface area (Å²) in [5, 5.41) is 0. The van der Waals surface area contributed by atoms with Crippen molar-refractivity contribution in [3.63, 3.8) is 0 Å². The number of fused-ring (bicyclic) bond motifs is 1. The second-order valence-electron chi connectivity index (χ2n) is 5.53. The van der Waals surface area contributed by atoms with Crippen molar-refractivity contribution < 1.29 is 27.4 Å². The summed E-state index contributed by atoms with van der Waals surface area (Å²) in [5.74, 6) is 1.12. The van der Waals surface area contributed by atoms with Gasteiger partial charge in [-0.2, -0.15) is 13.2 Å². The molecule has 0 bridgehead atoms. The lowest BCUT2D eigenvalue weighted by Gasteiger charge is -2.28. The molecular formula is C18H17F3O3. The predicted octanol–water partition coefficient (Wildman–Crippen LogP) is 4.38. The third-order valence-corrected chi connectivity index (χ3v) is 4.10. The van der Waals surface area contributed by atoms with E-state index in [0.717, 1.165) is 23.3 Å². The van der Waals surface area contributed by atoms with Crippen LogP contribution in [0.15, 0.2) is 36.4 Å². The molecule has 0 amide bonds. The van der Waals surface area contributed by atoms with Gasteiger partial charge >= 0.3 is 6.18 Å². The summed E-state index contributed by atoms with van der Waals surface area (Å²) in [7, 11) is 3.07. The summed E-state index contributed by atoms with van der Waals surface area (Å²) < 4.78 is 55.3. The minimum atomic E-state index is -4.38. The van der Waals surface area contributed by atoms with Gasteiger partial charge < -0.3 is 14.2 Å². The van der Waals surface area contributed by atoms with Crippen molar-refractivity contribution in [2.24, 2.45) is 0 Å². The molecule has 3 rings (SSSR count). The molecule has 0 aromatic heterocycles. The summed E-state index contributed by atoms with van der Waals surface area (Å²) in [5.41, 5.74) is 1.58. The number of benzene rings is 2. The van der Waals surface area contributed by atoms with Gasteiger partial charge in [0, 0.05) is 0 Å². The van der Waals surface area contributed by atoms with Gasteiger partial charge in [-0.3, -0.25) is 0 Å². The number of alkyl halides is 3. The average Bonchev–Trinajstić information content (AvgIpc) is 2.59. The molecule has 1 aliphatic heterocycles. The standard InChI is InChI=1S/C18H17F3O3/c1-22-15-9-11-6-7-24-17(14(11)10-16(15)23-2)12-4-3-5-13(8-12)18(19,20)21/h3-5,8-10,17H,6-7H2,1-2H3/t17-/m1/s1. The first-order chi connectivity index (χ1) is 11.4. The van der Waals surface area contributed by atoms with Gasteiger partial charge in [0.25, 0.3) is 0 Å². The fourth-order valence-corrected chi connectivity index (χ4v) is 2.93. The lowest BCUT2D eigenvalue weighted by Crippen LogP contribution is -2.18. The van der Waals surface area contributed by atoms with Crippen LogP contribution < -0.4 is 9.47 Å². The van der Waals surface area contributed by atoms with Crippen LogP contribution in [0, 0.1) is 0 Å². The monoisotopic (exact) mass is 338 g/mol. The van der Waals surface area contributed by atoms with E-state index in [4.69, 9.17) is 14.2 Å². The fraction of sp³-hybridized carbons (Fsp3) is 0.333. The normalized spacial score (nSPS) is 17.3. The van der Waals surface area contributed by atoms with Crippen LogP contribution >= 0.6 is 0 Å². The molecule has 0 fully saturated rings. The van der Waals surface area contributed by atoms with Crippen LogP contribution in [0.1, 0.15) is 28.4 Å². The number of methoxy groups -OCH3 is 2. The summed E-state index contributed by atoms with van der Waals surface area (Å²) in [6.45, 7) is 0.434. The molecule has 6 heteroatoms. The molecule has 0 radical (unpaired) electrons. The molecule has 2 aromatic carbocycles. The topological polar surface area (TPSA) is 27.7 Å². The second-order valence-corrected chi connectivity index (χ2v) is 5.53. The largest absolute Gasteiger partial charge is 0.493 e. The van der Waals surface area contributed by atoms with Crippen LogP contribution in [-0.4, -0.2) is 20.8 Å². The van der Waals surface area contributed by atoms with E-state index in [-0.39, 0.29) is 0 Å². The molecule has 0 N–H and O–H groups in total. The highest BCUT2D eigenvalue weighted by Gasteiger charge is 2.32. The Morgan fingerprint density at radius 1 is 1.04 bits per heavy atom. The third-order valence-electron chi connectivity index (χ3n) is 4.10. The van der Waals surface area contributed by atoms with E-state index in [9.17, 15) is 13.2 Å². The van der Waals surface area contributed by atoms with Crippen LogP contribution in [0.2, 0.25) is 0 Å². The zero-order valence-corrected chi connectivity index (χ0v) is 13.3. The summed E-state index contributed by atoms with van der Waals surface area (Å²) in [4.78, 5) is 0. The first kappa shape index (κ1) is 16.6. The number of hydrogen-bond donors (Lipinski definition) is 0. The molecule has 1 heterocycles. The Hall–Kier alpha value is -2.21. The van der Waals surface area contributed by atoms with Gasteiger partial charge in [0.15, 0.2) is 11.5 Å². The molecule has 24 heavy (non-hydrogen) atoms. The average molecular weight is 338 g/mol. The first-order valence-electron chi connectivity index (χ1n) is 7.47. The molecule has 128 valence electrons. The first-order valence-corrected chi connectivity index (χ1v) is 7.47. The van der Waals surface area contributed by atoms with Gasteiger partial charge in [0.1, 0.15) is 6.10 Å². The molecule has 3 nitrogen and oxygen atoms in total. The van der Waals surface area contributed by atoms with E-state index in [1.165, 1.54) is 13.2 Å². The van der Waals surface area contributed by atoms with Crippen molar-refractivity contribution in [2.75, 3.05) is 20.8 Å². The van der Waals surface area contributed by atoms with Crippen molar-refractivity contribution in [3.8, 4) is 11.5 Å². The van der Waals surface area contributed by atoms with E-state index in [1.807, 2.05) is 6.07 Å². The predicted molar refractivity (Wildman–Crippen MR) is 82.5 cm³/mol. The Morgan fingerprint density at radius 2 is 1.75 bits per heavy atom. The summed E-state index contributed by atoms with van der Waals surface area (Å²) >= 11 is 0. The highest BCUT2D eigenvalue weighted by molar-refractivity contribution is 5.51. The third kappa shape index (κ3) is 3.06. The highest BCUT2D eigenvalue weighted by Crippen LogP contribution is 2.40. The zero-order valence-electron chi connectivity index (χ0n) is 13.3. The maximum atomic E-state index is 13.0. The molecule has 0 saturated heterocycles. The smallest absolute Gasteiger partial charge is 0.416 e. The van der Waals surface area contributed by atoms with Gasteiger partial charge in [-0.05, 0) is 47.4 Å². The van der Waals surface area contributed by atoms with E-state index in [2.05, 4.69) is 0 Å². The Kier molecular flexibility index (Phi) is 4.41. The number of hydrogen-bond acceptors (Lipinski definition) is 3. The summed E-state index contributed by atoms with van der Waals surface area (Å²) in [6.07, 6.45) is -4.27. The van der Waals surface area contributed by atoms with E-state index in [0.29, 0.717) is 30.1 Å².